The average molecular weight is 285 g/mol. The zero-order valence-corrected chi connectivity index (χ0v) is 11.3. The normalized spacial score (nSPS) is 19.2. The van der Waals surface area contributed by atoms with Crippen LogP contribution in [0.3, 0.4) is 0 Å². The molecule has 1 aliphatic rings. The molecule has 2 N–H and O–H groups in total. The number of anilines is 1. The van der Waals surface area contributed by atoms with Crippen molar-refractivity contribution >= 4 is 23.5 Å². The number of thioether (sulfide) groups is 1. The molecule has 1 aromatic rings. The molecule has 1 atom stereocenters. The second-order valence-electron chi connectivity index (χ2n) is 4.11. The number of methoxy groups -OCH3 is 1. The second-order valence-corrected chi connectivity index (χ2v) is 5.26. The van der Waals surface area contributed by atoms with Crippen molar-refractivity contribution in [2.75, 3.05) is 30.1 Å². The van der Waals surface area contributed by atoms with Crippen LogP contribution in [0, 0.1) is 0 Å². The third kappa shape index (κ3) is 3.01. The molecule has 0 aliphatic carbocycles. The van der Waals surface area contributed by atoms with Crippen molar-refractivity contribution < 1.29 is 14.6 Å². The number of hydrogen-bond acceptors (Lipinski definition) is 6. The first-order valence-electron chi connectivity index (χ1n) is 5.81. The molecular formula is C11H15N3O4S. The summed E-state index contributed by atoms with van der Waals surface area (Å²) in [7, 11) is 1.40. The van der Waals surface area contributed by atoms with Gasteiger partial charge in [0.25, 0.3) is 5.56 Å². The van der Waals surface area contributed by atoms with E-state index in [1.807, 2.05) is 4.90 Å². The van der Waals surface area contributed by atoms with Gasteiger partial charge in [0.15, 0.2) is 5.82 Å². The molecule has 0 bridgehead atoms. The molecule has 0 radical (unpaired) electrons. The second kappa shape index (κ2) is 5.96. The molecule has 0 saturated carbocycles. The van der Waals surface area contributed by atoms with Crippen molar-refractivity contribution in [1.82, 2.24) is 9.97 Å². The number of nitrogens with zero attached hydrogens (tertiary/aromatic N) is 2. The maximum absolute atomic E-state index is 11.7. The predicted octanol–water partition coefficient (Wildman–Crippen LogP) is 0.175. The van der Waals surface area contributed by atoms with Gasteiger partial charge in [-0.05, 0) is 0 Å². The zero-order chi connectivity index (χ0) is 13.8. The number of aliphatic carboxylic acids is 1. The van der Waals surface area contributed by atoms with E-state index in [4.69, 9.17) is 9.84 Å². The average Bonchev–Trinajstić information content (AvgIpc) is 2.38. The monoisotopic (exact) mass is 285 g/mol. The molecule has 2 rings (SSSR count). The summed E-state index contributed by atoms with van der Waals surface area (Å²) in [6, 6.07) is -0.181. The maximum atomic E-state index is 11.7. The van der Waals surface area contributed by atoms with Gasteiger partial charge in [-0.15, -0.1) is 0 Å². The first kappa shape index (κ1) is 13.7. The van der Waals surface area contributed by atoms with Crippen LogP contribution in [0.1, 0.15) is 6.42 Å². The van der Waals surface area contributed by atoms with Crippen LogP contribution in [0.25, 0.3) is 0 Å². The maximum Gasteiger partial charge on any atom is 0.305 e. The fourth-order valence-corrected chi connectivity index (χ4v) is 3.13. The lowest BCUT2D eigenvalue weighted by Crippen LogP contribution is -2.44. The number of hydrogen-bond donors (Lipinski definition) is 2. The molecule has 1 aliphatic heterocycles. The highest BCUT2D eigenvalue weighted by molar-refractivity contribution is 7.99. The lowest BCUT2D eigenvalue weighted by molar-refractivity contribution is -0.137. The summed E-state index contributed by atoms with van der Waals surface area (Å²) >= 11 is 1.70. The first-order valence-corrected chi connectivity index (χ1v) is 6.96. The lowest BCUT2D eigenvalue weighted by atomic mass is 10.2. The molecule has 19 heavy (non-hydrogen) atoms. The molecule has 7 nitrogen and oxygen atoms in total. The van der Waals surface area contributed by atoms with Crippen LogP contribution < -0.4 is 15.2 Å². The fraction of sp³-hybridized carbons (Fsp3) is 0.545. The molecule has 1 aromatic heterocycles. The molecule has 0 amide bonds. The van der Waals surface area contributed by atoms with Crippen molar-refractivity contribution in [3.63, 3.8) is 0 Å². The number of ether oxygens (including phenoxy) is 1. The number of carboxylic acid groups (broad SMARTS) is 1. The number of carboxylic acids is 1. The van der Waals surface area contributed by atoms with Gasteiger partial charge < -0.3 is 19.7 Å². The van der Waals surface area contributed by atoms with Crippen molar-refractivity contribution in [3.8, 4) is 5.75 Å². The minimum Gasteiger partial charge on any atom is -0.489 e. The van der Waals surface area contributed by atoms with E-state index in [1.165, 1.54) is 13.4 Å². The Labute approximate surface area is 114 Å². The number of carbonyl (C=O) groups is 1. The Kier molecular flexibility index (Phi) is 4.31. The first-order chi connectivity index (χ1) is 9.13. The van der Waals surface area contributed by atoms with Gasteiger partial charge in [-0.25, -0.2) is 4.98 Å². The van der Waals surface area contributed by atoms with Gasteiger partial charge in [0.1, 0.15) is 0 Å². The number of nitrogens with one attached hydrogen (secondary N) is 1. The lowest BCUT2D eigenvalue weighted by Gasteiger charge is -2.35. The minimum absolute atomic E-state index is 0.0185. The van der Waals surface area contributed by atoms with Crippen LogP contribution in [-0.2, 0) is 4.79 Å². The topological polar surface area (TPSA) is 95.5 Å². The van der Waals surface area contributed by atoms with E-state index in [9.17, 15) is 9.59 Å². The highest BCUT2D eigenvalue weighted by atomic mass is 32.2. The van der Waals surface area contributed by atoms with Crippen molar-refractivity contribution in [3.05, 3.63) is 16.7 Å². The van der Waals surface area contributed by atoms with Crippen molar-refractivity contribution in [1.29, 1.82) is 0 Å². The van der Waals surface area contributed by atoms with E-state index >= 15 is 0 Å². The van der Waals surface area contributed by atoms with E-state index in [-0.39, 0.29) is 23.8 Å². The van der Waals surface area contributed by atoms with E-state index in [0.717, 1.165) is 5.75 Å². The molecule has 8 heteroatoms. The van der Waals surface area contributed by atoms with Gasteiger partial charge in [0.2, 0.25) is 5.75 Å². The van der Waals surface area contributed by atoms with Gasteiger partial charge in [-0.1, -0.05) is 0 Å². The third-order valence-corrected chi connectivity index (χ3v) is 4.00. The van der Waals surface area contributed by atoms with Crippen LogP contribution in [0.2, 0.25) is 0 Å². The zero-order valence-electron chi connectivity index (χ0n) is 10.5. The Morgan fingerprint density at radius 2 is 2.53 bits per heavy atom. The summed E-state index contributed by atoms with van der Waals surface area (Å²) in [5.74, 6) is 1.25. The molecule has 1 unspecified atom stereocenters. The highest BCUT2D eigenvalue weighted by Crippen LogP contribution is 2.28. The van der Waals surface area contributed by atoms with Crippen molar-refractivity contribution in [2.45, 2.75) is 12.5 Å². The molecule has 104 valence electrons. The summed E-state index contributed by atoms with van der Waals surface area (Å²) in [6.07, 6.45) is 1.32. The quantitative estimate of drug-likeness (QED) is 0.814. The van der Waals surface area contributed by atoms with Crippen molar-refractivity contribution in [2.24, 2.45) is 0 Å². The van der Waals surface area contributed by atoms with E-state index in [2.05, 4.69) is 9.97 Å². The minimum atomic E-state index is -0.860. The van der Waals surface area contributed by atoms with Gasteiger partial charge in [-0.2, -0.15) is 11.8 Å². The number of aromatic amines is 1. The van der Waals surface area contributed by atoms with E-state index in [1.54, 1.807) is 11.8 Å². The summed E-state index contributed by atoms with van der Waals surface area (Å²) in [5.41, 5.74) is -0.361. The summed E-state index contributed by atoms with van der Waals surface area (Å²) < 4.78 is 5.08. The number of rotatable bonds is 4. The van der Waals surface area contributed by atoms with Crippen LogP contribution in [0.4, 0.5) is 5.82 Å². The molecule has 0 spiro atoms. The summed E-state index contributed by atoms with van der Waals surface area (Å²) in [4.78, 5) is 31.0. The van der Waals surface area contributed by atoms with Crippen LogP contribution in [0.15, 0.2) is 11.1 Å². The number of H-pyrrole nitrogens is 1. The Bertz CT molecular complexity index is 519. The molecular weight excluding hydrogens is 270 g/mol. The fourth-order valence-electron chi connectivity index (χ4n) is 2.07. The highest BCUT2D eigenvalue weighted by Gasteiger charge is 2.29. The van der Waals surface area contributed by atoms with Crippen LogP contribution in [-0.4, -0.2) is 52.2 Å². The molecule has 0 aromatic carbocycles. The van der Waals surface area contributed by atoms with Gasteiger partial charge >= 0.3 is 5.97 Å². The smallest absolute Gasteiger partial charge is 0.305 e. The molecule has 2 heterocycles. The Balaban J connectivity index is 2.34. The largest absolute Gasteiger partial charge is 0.489 e. The van der Waals surface area contributed by atoms with Crippen LogP contribution >= 0.6 is 11.8 Å². The SMILES string of the molecule is COc1c(N2CCSCC2CC(=O)O)nc[nH]c1=O. The van der Waals surface area contributed by atoms with Gasteiger partial charge in [0.05, 0.1) is 25.9 Å². The standard InChI is InChI=1S/C11H15N3O4S/c1-18-9-10(12-6-13-11(9)17)14-2-3-19-5-7(14)4-8(15)16/h6-7H,2-5H2,1H3,(H,15,16)(H,12,13,17). The Morgan fingerprint density at radius 3 is 3.21 bits per heavy atom. The Morgan fingerprint density at radius 1 is 1.74 bits per heavy atom. The van der Waals surface area contributed by atoms with E-state index in [0.29, 0.717) is 18.1 Å². The van der Waals surface area contributed by atoms with E-state index < -0.39 is 5.97 Å². The summed E-state index contributed by atoms with van der Waals surface area (Å²) in [5, 5.41) is 8.96. The van der Waals surface area contributed by atoms with Crippen LogP contribution in [0.5, 0.6) is 5.75 Å². The Hall–Kier alpha value is -1.70. The van der Waals surface area contributed by atoms with Gasteiger partial charge in [0, 0.05) is 18.1 Å². The summed E-state index contributed by atoms with van der Waals surface area (Å²) in [6.45, 7) is 0.648. The molecule has 1 saturated heterocycles. The van der Waals surface area contributed by atoms with Gasteiger partial charge in [-0.3, -0.25) is 9.59 Å². The predicted molar refractivity (Wildman–Crippen MR) is 72.1 cm³/mol. The third-order valence-electron chi connectivity index (χ3n) is 2.91. The molecule has 1 fully saturated rings. The number of aromatic nitrogens is 2.